The monoisotopic (exact) mass is 365 g/mol. The van der Waals surface area contributed by atoms with Gasteiger partial charge in [0.2, 0.25) is 0 Å². The third-order valence-corrected chi connectivity index (χ3v) is 4.19. The number of ether oxygens (including phenoxy) is 2. The van der Waals surface area contributed by atoms with Crippen LogP contribution < -0.4 is 14.8 Å². The highest BCUT2D eigenvalue weighted by Gasteiger charge is 2.19. The normalized spacial score (nSPS) is 12.9. The molecule has 27 heavy (non-hydrogen) atoms. The molecule has 2 aromatic carbocycles. The number of nitrogens with zero attached hydrogens (tertiary/aromatic N) is 1. The van der Waals surface area contributed by atoms with E-state index < -0.39 is 6.10 Å². The van der Waals surface area contributed by atoms with Gasteiger partial charge < -0.3 is 19.8 Å². The van der Waals surface area contributed by atoms with E-state index in [4.69, 9.17) is 9.47 Å². The van der Waals surface area contributed by atoms with E-state index in [0.717, 1.165) is 17.0 Å². The smallest absolute Gasteiger partial charge is 0.261 e. The van der Waals surface area contributed by atoms with Crippen LogP contribution in [0.25, 0.3) is 11.3 Å². The highest BCUT2D eigenvalue weighted by Crippen LogP contribution is 2.20. The van der Waals surface area contributed by atoms with Gasteiger partial charge in [-0.1, -0.05) is 30.3 Å². The molecule has 0 fully saturated rings. The Bertz CT molecular complexity index is 875. The Labute approximate surface area is 158 Å². The summed E-state index contributed by atoms with van der Waals surface area (Å²) < 4.78 is 10.8. The average Bonchev–Trinajstić information content (AvgIpc) is 3.19. The van der Waals surface area contributed by atoms with Crippen LogP contribution in [0.4, 0.5) is 0 Å². The van der Waals surface area contributed by atoms with Crippen molar-refractivity contribution in [1.82, 2.24) is 15.3 Å². The molecule has 0 saturated heterocycles. The molecule has 0 radical (unpaired) electrons. The first-order valence-corrected chi connectivity index (χ1v) is 8.78. The first-order chi connectivity index (χ1) is 13.1. The summed E-state index contributed by atoms with van der Waals surface area (Å²) in [6.07, 6.45) is 1.13. The lowest BCUT2D eigenvalue weighted by Crippen LogP contribution is -2.38. The maximum Gasteiger partial charge on any atom is 0.261 e. The van der Waals surface area contributed by atoms with Gasteiger partial charge in [0, 0.05) is 0 Å². The highest BCUT2D eigenvalue weighted by molar-refractivity contribution is 5.81. The van der Waals surface area contributed by atoms with Crippen molar-refractivity contribution >= 4 is 5.91 Å². The predicted molar refractivity (Wildman–Crippen MR) is 104 cm³/mol. The maximum atomic E-state index is 12.4. The average molecular weight is 365 g/mol. The Morgan fingerprint density at radius 3 is 2.37 bits per heavy atom. The molecule has 3 aromatic rings. The minimum atomic E-state index is -0.635. The number of hydrogen-bond donors (Lipinski definition) is 2. The first-order valence-electron chi connectivity index (χ1n) is 8.78. The van der Waals surface area contributed by atoms with Gasteiger partial charge in [0.15, 0.2) is 6.10 Å². The van der Waals surface area contributed by atoms with Crippen LogP contribution >= 0.6 is 0 Å². The summed E-state index contributed by atoms with van der Waals surface area (Å²) in [6.45, 7) is 3.59. The summed E-state index contributed by atoms with van der Waals surface area (Å²) in [5, 5.41) is 2.92. The zero-order chi connectivity index (χ0) is 19.2. The molecular formula is C21H23N3O3. The van der Waals surface area contributed by atoms with Gasteiger partial charge >= 0.3 is 0 Å². The lowest BCUT2D eigenvalue weighted by molar-refractivity contribution is -0.128. The lowest BCUT2D eigenvalue weighted by atomic mass is 10.2. The number of methoxy groups -OCH3 is 1. The van der Waals surface area contributed by atoms with Crippen LogP contribution in [0, 0.1) is 0 Å². The number of aromatic nitrogens is 2. The van der Waals surface area contributed by atoms with Crippen molar-refractivity contribution < 1.29 is 14.3 Å². The Balaban J connectivity index is 1.59. The number of benzene rings is 2. The molecule has 1 heterocycles. The molecule has 1 amide bonds. The highest BCUT2D eigenvalue weighted by atomic mass is 16.5. The summed E-state index contributed by atoms with van der Waals surface area (Å²) in [5.41, 5.74) is 1.96. The molecule has 140 valence electrons. The van der Waals surface area contributed by atoms with Crippen LogP contribution in [0.5, 0.6) is 11.5 Å². The van der Waals surface area contributed by atoms with Crippen LogP contribution in [0.3, 0.4) is 0 Å². The molecule has 1 aromatic heterocycles. The van der Waals surface area contributed by atoms with Crippen molar-refractivity contribution in [1.29, 1.82) is 0 Å². The maximum absolute atomic E-state index is 12.4. The van der Waals surface area contributed by atoms with E-state index in [0.29, 0.717) is 11.6 Å². The third-order valence-electron chi connectivity index (χ3n) is 4.19. The molecule has 6 nitrogen and oxygen atoms in total. The summed E-state index contributed by atoms with van der Waals surface area (Å²) in [4.78, 5) is 20.1. The second-order valence-electron chi connectivity index (χ2n) is 6.21. The van der Waals surface area contributed by atoms with Gasteiger partial charge in [0.1, 0.15) is 17.3 Å². The van der Waals surface area contributed by atoms with E-state index >= 15 is 0 Å². The standard InChI is InChI=1S/C21H23N3O3/c1-14(20-22-13-19(24-20)16-7-5-4-6-8-16)23-21(25)15(2)27-18-11-9-17(26-3)10-12-18/h4-15H,1-3H3,(H,22,24)(H,23,25). The lowest BCUT2D eigenvalue weighted by Gasteiger charge is -2.17. The molecule has 2 unspecified atom stereocenters. The van der Waals surface area contributed by atoms with E-state index in [1.165, 1.54) is 0 Å². The zero-order valence-corrected chi connectivity index (χ0v) is 15.6. The molecule has 0 spiro atoms. The Kier molecular flexibility index (Phi) is 5.76. The summed E-state index contributed by atoms with van der Waals surface area (Å²) >= 11 is 0. The molecule has 6 heteroatoms. The number of imidazole rings is 1. The van der Waals surface area contributed by atoms with Crippen molar-refractivity contribution in [3.8, 4) is 22.8 Å². The number of nitrogens with one attached hydrogen (secondary N) is 2. The number of hydrogen-bond acceptors (Lipinski definition) is 4. The Morgan fingerprint density at radius 1 is 1.04 bits per heavy atom. The number of rotatable bonds is 7. The van der Waals surface area contributed by atoms with E-state index in [1.54, 1.807) is 44.5 Å². The molecule has 2 atom stereocenters. The second-order valence-corrected chi connectivity index (χ2v) is 6.21. The Hall–Kier alpha value is -3.28. The fourth-order valence-corrected chi connectivity index (χ4v) is 2.63. The van der Waals surface area contributed by atoms with Gasteiger partial charge in [0.25, 0.3) is 5.91 Å². The minimum absolute atomic E-state index is 0.212. The fourth-order valence-electron chi connectivity index (χ4n) is 2.63. The molecule has 0 saturated carbocycles. The van der Waals surface area contributed by atoms with Crippen molar-refractivity contribution in [2.24, 2.45) is 0 Å². The summed E-state index contributed by atoms with van der Waals surface area (Å²) in [7, 11) is 1.60. The quantitative estimate of drug-likeness (QED) is 0.669. The van der Waals surface area contributed by atoms with E-state index in [2.05, 4.69) is 15.3 Å². The molecule has 0 aliphatic carbocycles. The van der Waals surface area contributed by atoms with Gasteiger partial charge in [-0.25, -0.2) is 4.98 Å². The molecule has 3 rings (SSSR count). The molecule has 2 N–H and O–H groups in total. The van der Waals surface area contributed by atoms with Crippen molar-refractivity contribution in [3.63, 3.8) is 0 Å². The van der Waals surface area contributed by atoms with Crippen LogP contribution in [-0.4, -0.2) is 29.1 Å². The number of aromatic amines is 1. The van der Waals surface area contributed by atoms with Gasteiger partial charge in [-0.05, 0) is 43.7 Å². The summed E-state index contributed by atoms with van der Waals surface area (Å²) in [6, 6.07) is 16.8. The predicted octanol–water partition coefficient (Wildman–Crippen LogP) is 3.73. The zero-order valence-electron chi connectivity index (χ0n) is 15.6. The second kappa shape index (κ2) is 8.40. The van der Waals surface area contributed by atoms with Crippen molar-refractivity contribution in [2.75, 3.05) is 7.11 Å². The van der Waals surface area contributed by atoms with Crippen molar-refractivity contribution in [2.45, 2.75) is 26.0 Å². The van der Waals surface area contributed by atoms with Crippen LogP contribution in [0.15, 0.2) is 60.8 Å². The number of amides is 1. The van der Waals surface area contributed by atoms with Crippen LogP contribution in [-0.2, 0) is 4.79 Å². The number of carbonyl (C=O) groups is 1. The van der Waals surface area contributed by atoms with Crippen LogP contribution in [0.1, 0.15) is 25.7 Å². The number of H-pyrrole nitrogens is 1. The fraction of sp³-hybridized carbons (Fsp3) is 0.238. The van der Waals surface area contributed by atoms with E-state index in [-0.39, 0.29) is 11.9 Å². The van der Waals surface area contributed by atoms with E-state index in [9.17, 15) is 4.79 Å². The Morgan fingerprint density at radius 2 is 1.70 bits per heavy atom. The van der Waals surface area contributed by atoms with Crippen LogP contribution in [0.2, 0.25) is 0 Å². The van der Waals surface area contributed by atoms with Gasteiger partial charge in [-0.15, -0.1) is 0 Å². The van der Waals surface area contributed by atoms with Gasteiger partial charge in [-0.2, -0.15) is 0 Å². The number of carbonyl (C=O) groups excluding carboxylic acids is 1. The largest absolute Gasteiger partial charge is 0.497 e. The first kappa shape index (κ1) is 18.5. The van der Waals surface area contributed by atoms with Gasteiger partial charge in [0.05, 0.1) is 25.0 Å². The van der Waals surface area contributed by atoms with Crippen molar-refractivity contribution in [3.05, 3.63) is 66.6 Å². The third kappa shape index (κ3) is 4.67. The summed E-state index contributed by atoms with van der Waals surface area (Å²) in [5.74, 6) is 1.82. The SMILES string of the molecule is COc1ccc(OC(C)C(=O)NC(C)c2ncc(-c3ccccc3)[nH]2)cc1. The van der Waals surface area contributed by atoms with Gasteiger partial charge in [-0.3, -0.25) is 4.79 Å². The topological polar surface area (TPSA) is 76.2 Å². The molecule has 0 bridgehead atoms. The molecule has 0 aliphatic heterocycles. The van der Waals surface area contributed by atoms with E-state index in [1.807, 2.05) is 37.3 Å². The minimum Gasteiger partial charge on any atom is -0.497 e. The molecular weight excluding hydrogens is 342 g/mol. The molecule has 0 aliphatic rings.